The second-order valence-corrected chi connectivity index (χ2v) is 4.03. The summed E-state index contributed by atoms with van der Waals surface area (Å²) >= 11 is 0. The lowest BCUT2D eigenvalue weighted by Gasteiger charge is -2.33. The van der Waals surface area contributed by atoms with Crippen LogP contribution in [0.2, 0.25) is 0 Å². The smallest absolute Gasteiger partial charge is 0.240 e. The van der Waals surface area contributed by atoms with E-state index in [9.17, 15) is 4.79 Å². The van der Waals surface area contributed by atoms with Gasteiger partial charge in [0.2, 0.25) is 5.91 Å². The molecule has 1 amide bonds. The Hall–Kier alpha value is -0.650. The maximum atomic E-state index is 11.8. The summed E-state index contributed by atoms with van der Waals surface area (Å²) in [6.45, 7) is 2.92. The van der Waals surface area contributed by atoms with Gasteiger partial charge in [0.1, 0.15) is 0 Å². The molecule has 1 fully saturated rings. The second kappa shape index (κ2) is 5.44. The van der Waals surface area contributed by atoms with E-state index in [1.807, 2.05) is 6.92 Å². The molecule has 0 aliphatic carbocycles. The molecule has 1 aliphatic rings. The Labute approximate surface area is 90.0 Å². The highest BCUT2D eigenvalue weighted by Crippen LogP contribution is 2.17. The van der Waals surface area contributed by atoms with Gasteiger partial charge in [0.05, 0.1) is 18.2 Å². The molecule has 1 heterocycles. The lowest BCUT2D eigenvalue weighted by Crippen LogP contribution is -2.59. The van der Waals surface area contributed by atoms with Crippen LogP contribution in [0.4, 0.5) is 0 Å². The van der Waals surface area contributed by atoms with E-state index in [0.29, 0.717) is 32.5 Å². The zero-order chi connectivity index (χ0) is 11.3. The van der Waals surface area contributed by atoms with Gasteiger partial charge in [-0.15, -0.1) is 0 Å². The van der Waals surface area contributed by atoms with Crippen molar-refractivity contribution in [1.29, 1.82) is 0 Å². The number of aliphatic hydroxyl groups is 1. The first kappa shape index (κ1) is 12.4. The van der Waals surface area contributed by atoms with Gasteiger partial charge in [-0.05, 0) is 19.3 Å². The molecule has 1 saturated heterocycles. The van der Waals surface area contributed by atoms with Crippen LogP contribution in [-0.4, -0.2) is 42.4 Å². The molecule has 1 aliphatic heterocycles. The lowest BCUT2D eigenvalue weighted by molar-refractivity contribution is -0.130. The number of carbonyl (C=O) groups excluding carboxylic acids is 1. The van der Waals surface area contributed by atoms with Crippen molar-refractivity contribution in [2.45, 2.75) is 37.8 Å². The summed E-state index contributed by atoms with van der Waals surface area (Å²) in [5.74, 6) is -0.174. The monoisotopic (exact) mass is 216 g/mol. The van der Waals surface area contributed by atoms with Crippen molar-refractivity contribution in [3.8, 4) is 0 Å². The van der Waals surface area contributed by atoms with Gasteiger partial charge in [0.15, 0.2) is 0 Å². The minimum atomic E-state index is -0.819. The first-order chi connectivity index (χ1) is 7.12. The fourth-order valence-corrected chi connectivity index (χ4v) is 1.57. The standard InChI is InChI=1S/C10H20N2O3/c1-2-8(7-13)12-9(14)10(11)3-5-15-6-4-10/h8,13H,2-7,11H2,1H3,(H,12,14)/t8-/m0/s1. The number of rotatable bonds is 4. The number of nitrogens with one attached hydrogen (secondary N) is 1. The maximum Gasteiger partial charge on any atom is 0.240 e. The van der Waals surface area contributed by atoms with Crippen molar-refractivity contribution in [2.75, 3.05) is 19.8 Å². The Kier molecular flexibility index (Phi) is 4.50. The molecule has 0 unspecified atom stereocenters. The largest absolute Gasteiger partial charge is 0.394 e. The average Bonchev–Trinajstić information content (AvgIpc) is 2.26. The molecule has 0 saturated carbocycles. The van der Waals surface area contributed by atoms with Crippen molar-refractivity contribution in [1.82, 2.24) is 5.32 Å². The highest BCUT2D eigenvalue weighted by Gasteiger charge is 2.36. The molecule has 88 valence electrons. The van der Waals surface area contributed by atoms with Crippen LogP contribution in [0.25, 0.3) is 0 Å². The Morgan fingerprint density at radius 2 is 2.20 bits per heavy atom. The molecular formula is C10H20N2O3. The van der Waals surface area contributed by atoms with E-state index in [1.165, 1.54) is 0 Å². The first-order valence-corrected chi connectivity index (χ1v) is 5.41. The van der Waals surface area contributed by atoms with Crippen LogP contribution in [0.3, 0.4) is 0 Å². The molecule has 15 heavy (non-hydrogen) atoms. The van der Waals surface area contributed by atoms with Crippen LogP contribution in [0.15, 0.2) is 0 Å². The molecule has 0 radical (unpaired) electrons. The van der Waals surface area contributed by atoms with E-state index in [2.05, 4.69) is 5.32 Å². The summed E-state index contributed by atoms with van der Waals surface area (Å²) in [6, 6.07) is -0.194. The summed E-state index contributed by atoms with van der Waals surface area (Å²) in [5, 5.41) is 11.7. The van der Waals surface area contributed by atoms with Crippen LogP contribution in [0.5, 0.6) is 0 Å². The molecule has 0 aromatic carbocycles. The zero-order valence-electron chi connectivity index (χ0n) is 9.16. The van der Waals surface area contributed by atoms with Crippen LogP contribution in [0, 0.1) is 0 Å². The fourth-order valence-electron chi connectivity index (χ4n) is 1.57. The van der Waals surface area contributed by atoms with Gasteiger partial charge in [-0.1, -0.05) is 6.92 Å². The minimum absolute atomic E-state index is 0.0468. The van der Waals surface area contributed by atoms with Gasteiger partial charge in [-0.3, -0.25) is 4.79 Å². The number of amides is 1. The van der Waals surface area contributed by atoms with Crippen molar-refractivity contribution < 1.29 is 14.6 Å². The Balaban J connectivity index is 2.50. The maximum absolute atomic E-state index is 11.8. The number of nitrogens with two attached hydrogens (primary N) is 1. The second-order valence-electron chi connectivity index (χ2n) is 4.03. The van der Waals surface area contributed by atoms with E-state index < -0.39 is 5.54 Å². The Morgan fingerprint density at radius 3 is 2.67 bits per heavy atom. The molecule has 0 aromatic rings. The van der Waals surface area contributed by atoms with Crippen molar-refractivity contribution in [3.63, 3.8) is 0 Å². The summed E-state index contributed by atoms with van der Waals surface area (Å²) in [4.78, 5) is 11.8. The van der Waals surface area contributed by atoms with Crippen LogP contribution in [-0.2, 0) is 9.53 Å². The summed E-state index contributed by atoms with van der Waals surface area (Å²) in [5.41, 5.74) is 5.17. The predicted molar refractivity (Wildman–Crippen MR) is 56.3 cm³/mol. The predicted octanol–water partition coefficient (Wildman–Crippen LogP) is -0.619. The molecule has 0 aromatic heterocycles. The van der Waals surface area contributed by atoms with Crippen LogP contribution in [0.1, 0.15) is 26.2 Å². The van der Waals surface area contributed by atoms with Crippen LogP contribution < -0.4 is 11.1 Å². The van der Waals surface area contributed by atoms with E-state index in [-0.39, 0.29) is 18.6 Å². The van der Waals surface area contributed by atoms with E-state index >= 15 is 0 Å². The molecular weight excluding hydrogens is 196 g/mol. The number of aliphatic hydroxyl groups excluding tert-OH is 1. The highest BCUT2D eigenvalue weighted by molar-refractivity contribution is 5.86. The molecule has 1 atom stereocenters. The highest BCUT2D eigenvalue weighted by atomic mass is 16.5. The molecule has 4 N–H and O–H groups in total. The molecule has 5 heteroatoms. The average molecular weight is 216 g/mol. The SMILES string of the molecule is CC[C@@H](CO)NC(=O)C1(N)CCOCC1. The van der Waals surface area contributed by atoms with Gasteiger partial charge in [0.25, 0.3) is 0 Å². The quantitative estimate of drug-likeness (QED) is 0.585. The van der Waals surface area contributed by atoms with Crippen molar-refractivity contribution in [2.24, 2.45) is 5.73 Å². The molecule has 0 spiro atoms. The van der Waals surface area contributed by atoms with E-state index in [1.54, 1.807) is 0 Å². The topological polar surface area (TPSA) is 84.6 Å². The number of hydrogen-bond donors (Lipinski definition) is 3. The van der Waals surface area contributed by atoms with Gasteiger partial charge in [-0.2, -0.15) is 0 Å². The van der Waals surface area contributed by atoms with Gasteiger partial charge in [-0.25, -0.2) is 0 Å². The third-order valence-corrected chi connectivity index (χ3v) is 2.89. The normalized spacial score (nSPS) is 22.1. The lowest BCUT2D eigenvalue weighted by atomic mass is 9.90. The summed E-state index contributed by atoms with van der Waals surface area (Å²) in [7, 11) is 0. The third kappa shape index (κ3) is 3.15. The number of carbonyl (C=O) groups is 1. The van der Waals surface area contributed by atoms with E-state index in [4.69, 9.17) is 15.6 Å². The molecule has 1 rings (SSSR count). The minimum Gasteiger partial charge on any atom is -0.394 e. The zero-order valence-corrected chi connectivity index (χ0v) is 9.16. The van der Waals surface area contributed by atoms with Gasteiger partial charge >= 0.3 is 0 Å². The number of ether oxygens (including phenoxy) is 1. The Morgan fingerprint density at radius 1 is 1.60 bits per heavy atom. The number of hydrogen-bond acceptors (Lipinski definition) is 4. The fraction of sp³-hybridized carbons (Fsp3) is 0.900. The molecule has 0 bridgehead atoms. The summed E-state index contributed by atoms with van der Waals surface area (Å²) in [6.07, 6.45) is 1.79. The van der Waals surface area contributed by atoms with Crippen molar-refractivity contribution in [3.05, 3.63) is 0 Å². The third-order valence-electron chi connectivity index (χ3n) is 2.89. The Bertz CT molecular complexity index is 211. The summed E-state index contributed by atoms with van der Waals surface area (Å²) < 4.78 is 5.16. The molecule has 5 nitrogen and oxygen atoms in total. The van der Waals surface area contributed by atoms with Gasteiger partial charge < -0.3 is 20.9 Å². The van der Waals surface area contributed by atoms with Gasteiger partial charge in [0, 0.05) is 13.2 Å². The van der Waals surface area contributed by atoms with Crippen LogP contribution >= 0.6 is 0 Å². The van der Waals surface area contributed by atoms with E-state index in [0.717, 1.165) is 0 Å². The first-order valence-electron chi connectivity index (χ1n) is 5.41. The van der Waals surface area contributed by atoms with Crippen molar-refractivity contribution >= 4 is 5.91 Å².